The summed E-state index contributed by atoms with van der Waals surface area (Å²) in [5, 5.41) is 11.2. The maximum atomic E-state index is 11.2. The van der Waals surface area contributed by atoms with Crippen molar-refractivity contribution in [3.05, 3.63) is 29.8 Å². The third-order valence-electron chi connectivity index (χ3n) is 4.90. The van der Waals surface area contributed by atoms with Gasteiger partial charge >= 0.3 is 0 Å². The number of hydrogen-bond acceptors (Lipinski definition) is 2. The maximum Gasteiger partial charge on any atom is 0.125 e. The van der Waals surface area contributed by atoms with Gasteiger partial charge in [-0.1, -0.05) is 25.1 Å². The van der Waals surface area contributed by atoms with Gasteiger partial charge in [0, 0.05) is 5.56 Å². The summed E-state index contributed by atoms with van der Waals surface area (Å²) in [6.45, 7) is 2.83. The molecular formula is C18H26O2. The van der Waals surface area contributed by atoms with Crippen LogP contribution in [0.1, 0.15) is 57.4 Å². The molecule has 2 nitrogen and oxygen atoms in total. The molecule has 0 aromatic heterocycles. The number of benzene rings is 1. The summed E-state index contributed by atoms with van der Waals surface area (Å²) in [5.41, 5.74) is 0.342. The first-order valence-electron chi connectivity index (χ1n) is 8.17. The molecule has 0 radical (unpaired) electrons. The fourth-order valence-corrected chi connectivity index (χ4v) is 3.70. The molecule has 0 aliphatic heterocycles. The Morgan fingerprint density at radius 3 is 2.75 bits per heavy atom. The Morgan fingerprint density at radius 1 is 1.20 bits per heavy atom. The predicted octanol–water partition coefficient (Wildman–Crippen LogP) is 4.26. The predicted molar refractivity (Wildman–Crippen MR) is 80.8 cm³/mol. The maximum absolute atomic E-state index is 11.2. The molecule has 1 aromatic carbocycles. The monoisotopic (exact) mass is 274 g/mol. The van der Waals surface area contributed by atoms with Gasteiger partial charge in [0.05, 0.1) is 12.2 Å². The molecule has 3 rings (SSSR count). The van der Waals surface area contributed by atoms with Crippen LogP contribution in [0.25, 0.3) is 0 Å². The highest BCUT2D eigenvalue weighted by Gasteiger charge is 2.42. The van der Waals surface area contributed by atoms with Crippen LogP contribution in [-0.4, -0.2) is 11.7 Å². The van der Waals surface area contributed by atoms with Gasteiger partial charge in [-0.15, -0.1) is 0 Å². The number of hydrogen-bond donors (Lipinski definition) is 1. The van der Waals surface area contributed by atoms with Gasteiger partial charge in [0.15, 0.2) is 0 Å². The summed E-state index contributed by atoms with van der Waals surface area (Å²) >= 11 is 0. The molecule has 2 aliphatic carbocycles. The van der Waals surface area contributed by atoms with Crippen LogP contribution in [0.2, 0.25) is 0 Å². The molecule has 0 spiro atoms. The Labute approximate surface area is 122 Å². The molecule has 2 saturated carbocycles. The highest BCUT2D eigenvalue weighted by atomic mass is 16.5. The quantitative estimate of drug-likeness (QED) is 0.869. The standard InChI is InChI=1S/C18H26O2/c1-2-12-20-17-8-4-3-7-16(17)18(19)11-5-6-15(13-18)14-9-10-14/h3-4,7-8,14-15,19H,2,5-6,9-13H2,1H3. The molecule has 1 aromatic rings. The van der Waals surface area contributed by atoms with E-state index in [1.165, 1.54) is 19.3 Å². The molecule has 2 heteroatoms. The summed E-state index contributed by atoms with van der Waals surface area (Å²) in [6.07, 6.45) is 7.97. The Bertz CT molecular complexity index is 452. The van der Waals surface area contributed by atoms with Gasteiger partial charge in [0.25, 0.3) is 0 Å². The van der Waals surface area contributed by atoms with Crippen LogP contribution in [0.4, 0.5) is 0 Å². The first kappa shape index (κ1) is 13.9. The number of rotatable bonds is 5. The lowest BCUT2D eigenvalue weighted by atomic mass is 9.72. The number of ether oxygens (including phenoxy) is 1. The minimum atomic E-state index is -0.671. The number of aliphatic hydroxyl groups is 1. The van der Waals surface area contributed by atoms with Crippen LogP contribution in [0.3, 0.4) is 0 Å². The molecule has 0 heterocycles. The zero-order chi connectivity index (χ0) is 14.0. The molecule has 2 fully saturated rings. The molecule has 2 atom stereocenters. The van der Waals surface area contributed by atoms with Gasteiger partial charge in [-0.25, -0.2) is 0 Å². The first-order chi connectivity index (χ1) is 9.73. The molecule has 0 bridgehead atoms. The second-order valence-corrected chi connectivity index (χ2v) is 6.57. The Balaban J connectivity index is 1.82. The summed E-state index contributed by atoms with van der Waals surface area (Å²) in [6, 6.07) is 8.08. The van der Waals surface area contributed by atoms with Crippen molar-refractivity contribution in [1.29, 1.82) is 0 Å². The van der Waals surface area contributed by atoms with Gasteiger partial charge < -0.3 is 9.84 Å². The number of para-hydroxylation sites is 1. The molecule has 2 aliphatic rings. The van der Waals surface area contributed by atoms with Crippen LogP contribution < -0.4 is 4.74 Å². The minimum Gasteiger partial charge on any atom is -0.493 e. The Hall–Kier alpha value is -1.02. The Morgan fingerprint density at radius 2 is 2.00 bits per heavy atom. The molecule has 20 heavy (non-hydrogen) atoms. The van der Waals surface area contributed by atoms with E-state index in [1.54, 1.807) is 0 Å². The molecular weight excluding hydrogens is 248 g/mol. The third-order valence-corrected chi connectivity index (χ3v) is 4.90. The topological polar surface area (TPSA) is 29.5 Å². The lowest BCUT2D eigenvalue weighted by Gasteiger charge is -2.38. The van der Waals surface area contributed by atoms with Crippen molar-refractivity contribution in [2.24, 2.45) is 11.8 Å². The summed E-state index contributed by atoms with van der Waals surface area (Å²) in [7, 11) is 0. The highest BCUT2D eigenvalue weighted by Crippen LogP contribution is 2.50. The van der Waals surface area contributed by atoms with E-state index in [0.717, 1.165) is 49.5 Å². The zero-order valence-electron chi connectivity index (χ0n) is 12.5. The molecule has 110 valence electrons. The van der Waals surface area contributed by atoms with Crippen LogP contribution in [0.5, 0.6) is 5.75 Å². The van der Waals surface area contributed by atoms with E-state index in [2.05, 4.69) is 13.0 Å². The minimum absolute atomic E-state index is 0.671. The van der Waals surface area contributed by atoms with Gasteiger partial charge in [0.2, 0.25) is 0 Å². The SMILES string of the molecule is CCCOc1ccccc1C1(O)CCCC(C2CC2)C1. The van der Waals surface area contributed by atoms with Gasteiger partial charge in [-0.05, 0) is 62.8 Å². The van der Waals surface area contributed by atoms with E-state index in [1.807, 2.05) is 18.2 Å². The Kier molecular flexibility index (Phi) is 4.02. The average molecular weight is 274 g/mol. The van der Waals surface area contributed by atoms with E-state index in [-0.39, 0.29) is 0 Å². The summed E-state index contributed by atoms with van der Waals surface area (Å²) in [4.78, 5) is 0. The second kappa shape index (κ2) is 5.77. The van der Waals surface area contributed by atoms with Gasteiger partial charge in [0.1, 0.15) is 5.75 Å². The fraction of sp³-hybridized carbons (Fsp3) is 0.667. The lowest BCUT2D eigenvalue weighted by molar-refractivity contribution is -0.0271. The molecule has 1 N–H and O–H groups in total. The van der Waals surface area contributed by atoms with E-state index >= 15 is 0 Å². The molecule has 0 amide bonds. The second-order valence-electron chi connectivity index (χ2n) is 6.57. The highest BCUT2D eigenvalue weighted by molar-refractivity contribution is 5.38. The lowest BCUT2D eigenvalue weighted by Crippen LogP contribution is -2.34. The van der Waals surface area contributed by atoms with Crippen LogP contribution in [0.15, 0.2) is 24.3 Å². The van der Waals surface area contributed by atoms with Gasteiger partial charge in [-0.3, -0.25) is 0 Å². The summed E-state index contributed by atoms with van der Waals surface area (Å²) in [5.74, 6) is 2.48. The van der Waals surface area contributed by atoms with Crippen molar-refractivity contribution in [2.75, 3.05) is 6.61 Å². The fourth-order valence-electron chi connectivity index (χ4n) is 3.70. The molecule has 2 unspecified atom stereocenters. The average Bonchev–Trinajstić information content (AvgIpc) is 3.30. The van der Waals surface area contributed by atoms with E-state index < -0.39 is 5.60 Å². The van der Waals surface area contributed by atoms with Gasteiger partial charge in [-0.2, -0.15) is 0 Å². The van der Waals surface area contributed by atoms with Crippen LogP contribution >= 0.6 is 0 Å². The van der Waals surface area contributed by atoms with Crippen molar-refractivity contribution in [3.8, 4) is 5.75 Å². The van der Waals surface area contributed by atoms with E-state index in [9.17, 15) is 5.11 Å². The van der Waals surface area contributed by atoms with Crippen LogP contribution in [0, 0.1) is 11.8 Å². The molecule has 0 saturated heterocycles. The van der Waals surface area contributed by atoms with Crippen molar-refractivity contribution >= 4 is 0 Å². The zero-order valence-corrected chi connectivity index (χ0v) is 12.5. The van der Waals surface area contributed by atoms with E-state index in [4.69, 9.17) is 4.74 Å². The largest absolute Gasteiger partial charge is 0.493 e. The smallest absolute Gasteiger partial charge is 0.125 e. The van der Waals surface area contributed by atoms with Crippen molar-refractivity contribution in [2.45, 2.75) is 57.5 Å². The normalized spacial score (nSPS) is 30.2. The van der Waals surface area contributed by atoms with Crippen LogP contribution in [-0.2, 0) is 5.60 Å². The van der Waals surface area contributed by atoms with Crippen molar-refractivity contribution in [1.82, 2.24) is 0 Å². The third kappa shape index (κ3) is 2.85. The van der Waals surface area contributed by atoms with Crippen molar-refractivity contribution < 1.29 is 9.84 Å². The van der Waals surface area contributed by atoms with Crippen molar-refractivity contribution in [3.63, 3.8) is 0 Å². The summed E-state index contributed by atoms with van der Waals surface area (Å²) < 4.78 is 5.86. The first-order valence-corrected chi connectivity index (χ1v) is 8.17. The van der Waals surface area contributed by atoms with E-state index in [0.29, 0.717) is 5.92 Å².